The minimum Gasteiger partial charge on any atom is -0.226 e. The van der Waals surface area contributed by atoms with E-state index < -0.39 is 0 Å². The fraction of sp³-hybridized carbons (Fsp3) is 0.370. The summed E-state index contributed by atoms with van der Waals surface area (Å²) in [6.07, 6.45) is 8.31. The highest BCUT2D eigenvalue weighted by atomic mass is 15.3. The van der Waals surface area contributed by atoms with Crippen LogP contribution in [-0.4, -0.2) is 23.0 Å². The molecule has 1 aliphatic rings. The van der Waals surface area contributed by atoms with Gasteiger partial charge in [-0.2, -0.15) is 0 Å². The van der Waals surface area contributed by atoms with E-state index in [1.807, 2.05) is 0 Å². The molecule has 0 N–H and O–H groups in total. The highest BCUT2D eigenvalue weighted by Crippen LogP contribution is 2.37. The fourth-order valence-corrected chi connectivity index (χ4v) is 5.17. The quantitative estimate of drug-likeness (QED) is 0.399. The lowest BCUT2D eigenvalue weighted by molar-refractivity contribution is -0.473. The summed E-state index contributed by atoms with van der Waals surface area (Å²) in [6.45, 7) is 21.4. The summed E-state index contributed by atoms with van der Waals surface area (Å²) < 4.78 is 2.48. The Kier molecular flexibility index (Phi) is 6.12. The number of benzene rings is 2. The molecule has 3 rings (SSSR count). The van der Waals surface area contributed by atoms with Gasteiger partial charge in [0.25, 0.3) is 0 Å². The predicted octanol–water partition coefficient (Wildman–Crippen LogP) is 6.62. The molecule has 0 saturated heterocycles. The van der Waals surface area contributed by atoms with Crippen molar-refractivity contribution in [3.63, 3.8) is 0 Å². The molecule has 0 radical (unpaired) electrons. The van der Waals surface area contributed by atoms with Crippen molar-refractivity contribution in [2.24, 2.45) is 0 Å². The Morgan fingerprint density at radius 2 is 1.28 bits per heavy atom. The van der Waals surface area contributed by atoms with E-state index in [0.29, 0.717) is 12.1 Å². The Bertz CT molecular complexity index is 934. The van der Waals surface area contributed by atoms with Crippen molar-refractivity contribution >= 4 is 17.7 Å². The Balaban J connectivity index is 2.23. The molecule has 1 heterocycles. The Hall–Kier alpha value is -2.61. The normalized spacial score (nSPS) is 18.7. The summed E-state index contributed by atoms with van der Waals surface area (Å²) in [4.78, 5) is 2.48. The minimum atomic E-state index is 0.325. The maximum atomic E-state index is 4.07. The van der Waals surface area contributed by atoms with Crippen molar-refractivity contribution in [2.45, 2.75) is 66.5 Å². The van der Waals surface area contributed by atoms with Gasteiger partial charge in [0.2, 0.25) is 6.34 Å². The molecule has 0 bridgehead atoms. The van der Waals surface area contributed by atoms with Crippen LogP contribution in [0.1, 0.15) is 46.2 Å². The van der Waals surface area contributed by atoms with Gasteiger partial charge in [-0.1, -0.05) is 47.5 Å². The molecule has 1 aliphatic heterocycles. The van der Waals surface area contributed by atoms with Crippen molar-refractivity contribution in [3.8, 4) is 0 Å². The number of hydrogen-bond acceptors (Lipinski definition) is 1. The molecular weight excluding hydrogens is 352 g/mol. The molecule has 2 nitrogen and oxygen atoms in total. The molecule has 0 unspecified atom stereocenters. The number of aryl methyl sites for hydroxylation is 6. The zero-order chi connectivity index (χ0) is 21.3. The van der Waals surface area contributed by atoms with E-state index >= 15 is 0 Å². The van der Waals surface area contributed by atoms with Crippen LogP contribution in [0.25, 0.3) is 0 Å². The third kappa shape index (κ3) is 3.94. The lowest BCUT2D eigenvalue weighted by Gasteiger charge is -2.24. The van der Waals surface area contributed by atoms with E-state index in [1.165, 1.54) is 44.8 Å². The van der Waals surface area contributed by atoms with Crippen molar-refractivity contribution in [1.82, 2.24) is 0 Å². The minimum absolute atomic E-state index is 0.325. The van der Waals surface area contributed by atoms with E-state index in [-0.39, 0.29) is 0 Å². The molecule has 2 aromatic rings. The van der Waals surface area contributed by atoms with Crippen LogP contribution in [0, 0.1) is 41.5 Å². The molecule has 152 valence electrons. The van der Waals surface area contributed by atoms with Crippen LogP contribution in [0.15, 0.2) is 49.6 Å². The third-order valence-corrected chi connectivity index (χ3v) is 6.01. The second-order valence-corrected chi connectivity index (χ2v) is 8.61. The highest BCUT2D eigenvalue weighted by Gasteiger charge is 2.43. The zero-order valence-corrected chi connectivity index (χ0v) is 18.9. The highest BCUT2D eigenvalue weighted by molar-refractivity contribution is 5.83. The molecule has 0 fully saturated rings. The monoisotopic (exact) mass is 387 g/mol. The number of nitrogens with zero attached hydrogens (tertiary/aromatic N) is 2. The average Bonchev–Trinajstić information content (AvgIpc) is 2.92. The molecular formula is C27H35N2+. The lowest BCUT2D eigenvalue weighted by Crippen LogP contribution is -2.38. The van der Waals surface area contributed by atoms with Crippen molar-refractivity contribution in [2.75, 3.05) is 4.90 Å². The van der Waals surface area contributed by atoms with E-state index in [1.54, 1.807) is 0 Å². The summed E-state index contributed by atoms with van der Waals surface area (Å²) >= 11 is 0. The van der Waals surface area contributed by atoms with Crippen LogP contribution < -0.4 is 4.90 Å². The summed E-state index contributed by atoms with van der Waals surface area (Å²) in [5, 5.41) is 0. The largest absolute Gasteiger partial charge is 0.245 e. The standard InChI is InChI=1S/C27H35N2/c1-9-11-24-25(12-10-2)29(27-22(7)15-19(4)16-23(27)8)17-28(24)26-20(5)13-18(3)14-21(26)6/h9-10,13-17,24-25H,1-2,11-12H2,3-8H3/q+1/t24-,25+. The first kappa shape index (κ1) is 21.1. The van der Waals surface area contributed by atoms with Gasteiger partial charge in [-0.15, -0.1) is 13.2 Å². The Labute approximate surface area is 176 Å². The van der Waals surface area contributed by atoms with Gasteiger partial charge >= 0.3 is 0 Å². The summed E-state index contributed by atoms with van der Waals surface area (Å²) in [5.74, 6) is 0. The lowest BCUT2D eigenvalue weighted by atomic mass is 9.96. The number of rotatable bonds is 6. The molecule has 2 atom stereocenters. The molecule has 2 aromatic carbocycles. The summed E-state index contributed by atoms with van der Waals surface area (Å²) in [7, 11) is 0. The molecule has 29 heavy (non-hydrogen) atoms. The van der Waals surface area contributed by atoms with E-state index in [0.717, 1.165) is 12.8 Å². The molecule has 0 saturated carbocycles. The number of anilines is 1. The summed E-state index contributed by atoms with van der Waals surface area (Å²) in [5.41, 5.74) is 10.6. The first-order valence-corrected chi connectivity index (χ1v) is 10.6. The van der Waals surface area contributed by atoms with Gasteiger partial charge in [0, 0.05) is 12.8 Å². The van der Waals surface area contributed by atoms with Gasteiger partial charge in [-0.3, -0.25) is 0 Å². The Morgan fingerprint density at radius 3 is 1.76 bits per heavy atom. The molecule has 2 heteroatoms. The molecule has 0 spiro atoms. The smallest absolute Gasteiger partial charge is 0.226 e. The van der Waals surface area contributed by atoms with Crippen LogP contribution >= 0.6 is 0 Å². The Morgan fingerprint density at radius 1 is 0.793 bits per heavy atom. The molecule has 0 amide bonds. The van der Waals surface area contributed by atoms with E-state index in [2.05, 4.69) is 107 Å². The van der Waals surface area contributed by atoms with E-state index in [9.17, 15) is 0 Å². The zero-order valence-electron chi connectivity index (χ0n) is 18.9. The summed E-state index contributed by atoms with van der Waals surface area (Å²) in [6, 6.07) is 9.80. The third-order valence-electron chi connectivity index (χ3n) is 6.01. The van der Waals surface area contributed by atoms with Crippen LogP contribution in [0.3, 0.4) is 0 Å². The molecule has 0 aliphatic carbocycles. The van der Waals surface area contributed by atoms with Crippen molar-refractivity contribution in [1.29, 1.82) is 0 Å². The fourth-order valence-electron chi connectivity index (χ4n) is 5.17. The van der Waals surface area contributed by atoms with Crippen molar-refractivity contribution in [3.05, 3.63) is 83.0 Å². The predicted molar refractivity (Wildman–Crippen MR) is 127 cm³/mol. The van der Waals surface area contributed by atoms with Gasteiger partial charge in [0.15, 0.2) is 0 Å². The maximum absolute atomic E-state index is 4.07. The van der Waals surface area contributed by atoms with Crippen LogP contribution in [0.5, 0.6) is 0 Å². The van der Waals surface area contributed by atoms with Gasteiger partial charge in [0.1, 0.15) is 23.5 Å². The first-order valence-electron chi connectivity index (χ1n) is 10.6. The van der Waals surface area contributed by atoms with Gasteiger partial charge in [-0.05, 0) is 63.8 Å². The maximum Gasteiger partial charge on any atom is 0.245 e. The van der Waals surface area contributed by atoms with Crippen molar-refractivity contribution < 1.29 is 4.58 Å². The van der Waals surface area contributed by atoms with E-state index in [4.69, 9.17) is 0 Å². The van der Waals surface area contributed by atoms with Crippen LogP contribution in [0.2, 0.25) is 0 Å². The van der Waals surface area contributed by atoms with Gasteiger partial charge in [0.05, 0.1) is 0 Å². The molecule has 0 aromatic heterocycles. The second-order valence-electron chi connectivity index (χ2n) is 8.61. The topological polar surface area (TPSA) is 6.25 Å². The SMILES string of the molecule is C=CC[C@@H]1[C@H](CC=C)[N+](c2c(C)cc(C)cc2C)=CN1c1c(C)cc(C)cc1C. The van der Waals surface area contributed by atoms with Crippen LogP contribution in [-0.2, 0) is 0 Å². The average molecular weight is 388 g/mol. The van der Waals surface area contributed by atoms with Crippen LogP contribution in [0.4, 0.5) is 11.4 Å². The first-order chi connectivity index (χ1) is 13.8. The number of hydrogen-bond donors (Lipinski definition) is 0. The van der Waals surface area contributed by atoms with Gasteiger partial charge < -0.3 is 0 Å². The second kappa shape index (κ2) is 8.41. The van der Waals surface area contributed by atoms with Gasteiger partial charge in [-0.25, -0.2) is 9.48 Å².